The molecule has 2 nitrogen and oxygen atoms in total. The molecule has 18 heavy (non-hydrogen) atoms. The van der Waals surface area contributed by atoms with Crippen molar-refractivity contribution in [3.63, 3.8) is 0 Å². The fourth-order valence-electron chi connectivity index (χ4n) is 1.99. The Morgan fingerprint density at radius 1 is 1.17 bits per heavy atom. The summed E-state index contributed by atoms with van der Waals surface area (Å²) in [7, 11) is 0. The molecule has 0 aromatic carbocycles. The minimum atomic E-state index is -0.103. The third kappa shape index (κ3) is 7.52. The van der Waals surface area contributed by atoms with Gasteiger partial charge in [-0.25, -0.2) is 4.79 Å². The number of esters is 1. The molecule has 0 aromatic heterocycles. The van der Waals surface area contributed by atoms with Crippen LogP contribution in [0.5, 0.6) is 0 Å². The summed E-state index contributed by atoms with van der Waals surface area (Å²) in [6.45, 7) is 9.09. The zero-order chi connectivity index (χ0) is 13.8. The van der Waals surface area contributed by atoms with Crippen molar-refractivity contribution in [3.8, 4) is 0 Å². The highest BCUT2D eigenvalue weighted by Gasteiger charge is 2.13. The number of allylic oxidation sites excluding steroid dienone is 1. The lowest BCUT2D eigenvalue weighted by Gasteiger charge is -2.15. The first kappa shape index (κ1) is 17.2. The number of hydrogen-bond acceptors (Lipinski definition) is 2. The summed E-state index contributed by atoms with van der Waals surface area (Å²) in [5, 5.41) is 0. The van der Waals surface area contributed by atoms with Crippen LogP contribution >= 0.6 is 0 Å². The van der Waals surface area contributed by atoms with Crippen molar-refractivity contribution < 1.29 is 9.53 Å². The average molecular weight is 254 g/mol. The Kier molecular flexibility index (Phi) is 10.8. The summed E-state index contributed by atoms with van der Waals surface area (Å²) in [5.41, 5.74) is 0.852. The van der Waals surface area contributed by atoms with Crippen molar-refractivity contribution >= 4 is 5.97 Å². The molecule has 0 radical (unpaired) electrons. The fourth-order valence-corrected chi connectivity index (χ4v) is 1.99. The van der Waals surface area contributed by atoms with Gasteiger partial charge in [0.05, 0.1) is 6.61 Å². The van der Waals surface area contributed by atoms with E-state index in [4.69, 9.17) is 4.74 Å². The van der Waals surface area contributed by atoms with E-state index in [1.165, 1.54) is 19.3 Å². The quantitative estimate of drug-likeness (QED) is 0.410. The molecule has 106 valence electrons. The molecule has 0 aliphatic heterocycles. The van der Waals surface area contributed by atoms with E-state index >= 15 is 0 Å². The predicted octanol–water partition coefficient (Wildman–Crippen LogP) is 4.88. The molecular formula is C16H30O2. The monoisotopic (exact) mass is 254 g/mol. The molecule has 0 amide bonds. The first-order valence-electron chi connectivity index (χ1n) is 7.55. The van der Waals surface area contributed by atoms with Crippen LogP contribution in [0.4, 0.5) is 0 Å². The lowest BCUT2D eigenvalue weighted by molar-refractivity contribution is -0.140. The number of hydrogen-bond donors (Lipinski definition) is 0. The third-order valence-electron chi connectivity index (χ3n) is 3.23. The normalized spacial score (nSPS) is 13.4. The van der Waals surface area contributed by atoms with E-state index in [9.17, 15) is 4.79 Å². The lowest BCUT2D eigenvalue weighted by Crippen LogP contribution is -2.15. The maximum absolute atomic E-state index is 11.9. The Balaban J connectivity index is 4.15. The highest BCUT2D eigenvalue weighted by atomic mass is 16.5. The van der Waals surface area contributed by atoms with Gasteiger partial charge < -0.3 is 4.74 Å². The molecular weight excluding hydrogens is 224 g/mol. The second-order valence-electron chi connectivity index (χ2n) is 4.90. The summed E-state index contributed by atoms with van der Waals surface area (Å²) >= 11 is 0. The van der Waals surface area contributed by atoms with Crippen LogP contribution < -0.4 is 0 Å². The molecule has 0 fully saturated rings. The maximum Gasteiger partial charge on any atom is 0.333 e. The zero-order valence-corrected chi connectivity index (χ0v) is 12.6. The average Bonchev–Trinajstić information content (AvgIpc) is 2.38. The molecule has 0 rings (SSSR count). The van der Waals surface area contributed by atoms with E-state index in [1.807, 2.05) is 6.08 Å². The Morgan fingerprint density at radius 3 is 2.39 bits per heavy atom. The molecule has 0 heterocycles. The molecule has 0 N–H and O–H groups in total. The van der Waals surface area contributed by atoms with Gasteiger partial charge >= 0.3 is 5.97 Å². The molecule has 0 saturated carbocycles. The van der Waals surface area contributed by atoms with Crippen LogP contribution in [0.2, 0.25) is 0 Å². The molecule has 2 heteroatoms. The van der Waals surface area contributed by atoms with E-state index in [-0.39, 0.29) is 5.97 Å². The summed E-state index contributed by atoms with van der Waals surface area (Å²) < 4.78 is 5.45. The standard InChI is InChI=1S/C16H30O2/c1-5-9-12-14(8-4)13-18-16(17)15(10-6-2)11-7-3/h10,14H,5-9,11-13H2,1-4H3. The van der Waals surface area contributed by atoms with E-state index in [0.717, 1.165) is 31.3 Å². The number of unbranched alkanes of at least 4 members (excludes halogenated alkanes) is 1. The Bertz CT molecular complexity index is 243. The van der Waals surface area contributed by atoms with Crippen LogP contribution in [0, 0.1) is 5.92 Å². The number of ether oxygens (including phenoxy) is 1. The number of rotatable bonds is 10. The Morgan fingerprint density at radius 2 is 1.89 bits per heavy atom. The first-order chi connectivity index (χ1) is 8.69. The van der Waals surface area contributed by atoms with Crippen molar-refractivity contribution in [1.29, 1.82) is 0 Å². The van der Waals surface area contributed by atoms with E-state index in [1.54, 1.807) is 0 Å². The van der Waals surface area contributed by atoms with Crippen molar-refractivity contribution in [3.05, 3.63) is 11.6 Å². The van der Waals surface area contributed by atoms with Crippen molar-refractivity contribution in [1.82, 2.24) is 0 Å². The van der Waals surface area contributed by atoms with Gasteiger partial charge in [-0.1, -0.05) is 59.5 Å². The summed E-state index contributed by atoms with van der Waals surface area (Å²) in [6, 6.07) is 0. The molecule has 1 unspecified atom stereocenters. The topological polar surface area (TPSA) is 26.3 Å². The SMILES string of the molecule is CCC=C(CCC)C(=O)OCC(CC)CCCC. The molecule has 0 aliphatic carbocycles. The van der Waals surface area contributed by atoms with E-state index in [0.29, 0.717) is 12.5 Å². The maximum atomic E-state index is 11.9. The summed E-state index contributed by atoms with van der Waals surface area (Å²) in [4.78, 5) is 11.9. The zero-order valence-electron chi connectivity index (χ0n) is 12.6. The van der Waals surface area contributed by atoms with Crippen molar-refractivity contribution in [2.75, 3.05) is 6.61 Å². The van der Waals surface area contributed by atoms with E-state index < -0.39 is 0 Å². The highest BCUT2D eigenvalue weighted by Crippen LogP contribution is 2.15. The van der Waals surface area contributed by atoms with Crippen LogP contribution in [-0.2, 0) is 9.53 Å². The van der Waals surface area contributed by atoms with E-state index in [2.05, 4.69) is 27.7 Å². The number of carbonyl (C=O) groups is 1. The van der Waals surface area contributed by atoms with Crippen molar-refractivity contribution in [2.45, 2.75) is 72.6 Å². The molecule has 0 aliphatic rings. The van der Waals surface area contributed by atoms with Gasteiger partial charge in [0.25, 0.3) is 0 Å². The molecule has 1 atom stereocenters. The second-order valence-corrected chi connectivity index (χ2v) is 4.90. The minimum Gasteiger partial charge on any atom is -0.462 e. The van der Waals surface area contributed by atoms with Gasteiger partial charge in [0.2, 0.25) is 0 Å². The van der Waals surface area contributed by atoms with Gasteiger partial charge in [-0.2, -0.15) is 0 Å². The summed E-state index contributed by atoms with van der Waals surface area (Å²) in [5.74, 6) is 0.423. The number of carbonyl (C=O) groups excluding carboxylic acids is 1. The second kappa shape index (κ2) is 11.3. The minimum absolute atomic E-state index is 0.103. The Hall–Kier alpha value is -0.790. The van der Waals surface area contributed by atoms with Gasteiger partial charge in [-0.05, 0) is 25.2 Å². The van der Waals surface area contributed by atoms with Gasteiger partial charge in [0.15, 0.2) is 0 Å². The van der Waals surface area contributed by atoms with Crippen LogP contribution in [0.1, 0.15) is 72.6 Å². The van der Waals surface area contributed by atoms with Crippen LogP contribution in [0.15, 0.2) is 11.6 Å². The molecule has 0 aromatic rings. The van der Waals surface area contributed by atoms with Gasteiger partial charge in [-0.15, -0.1) is 0 Å². The van der Waals surface area contributed by atoms with Crippen LogP contribution in [0.3, 0.4) is 0 Å². The van der Waals surface area contributed by atoms with Crippen molar-refractivity contribution in [2.24, 2.45) is 5.92 Å². The fraction of sp³-hybridized carbons (Fsp3) is 0.812. The van der Waals surface area contributed by atoms with Gasteiger partial charge in [0.1, 0.15) is 0 Å². The lowest BCUT2D eigenvalue weighted by atomic mass is 10.0. The molecule has 0 bridgehead atoms. The van der Waals surface area contributed by atoms with Gasteiger partial charge in [0, 0.05) is 5.57 Å². The van der Waals surface area contributed by atoms with Crippen LogP contribution in [-0.4, -0.2) is 12.6 Å². The third-order valence-corrected chi connectivity index (χ3v) is 3.23. The highest BCUT2D eigenvalue weighted by molar-refractivity contribution is 5.88. The first-order valence-corrected chi connectivity index (χ1v) is 7.55. The smallest absolute Gasteiger partial charge is 0.333 e. The molecule has 0 saturated heterocycles. The Labute approximate surface area is 113 Å². The molecule has 0 spiro atoms. The van der Waals surface area contributed by atoms with Gasteiger partial charge in [-0.3, -0.25) is 0 Å². The predicted molar refractivity (Wildman–Crippen MR) is 77.5 cm³/mol. The largest absolute Gasteiger partial charge is 0.462 e. The summed E-state index contributed by atoms with van der Waals surface area (Å²) in [6.07, 6.45) is 9.42. The van der Waals surface area contributed by atoms with Crippen LogP contribution in [0.25, 0.3) is 0 Å².